The number of ketones is 1. The third-order valence-electron chi connectivity index (χ3n) is 7.82. The molecule has 0 N–H and O–H groups in total. The first kappa shape index (κ1) is 24.9. The van der Waals surface area contributed by atoms with Crippen LogP contribution in [-0.4, -0.2) is 5.78 Å². The van der Waals surface area contributed by atoms with Crippen molar-refractivity contribution >= 4 is 5.78 Å². The molecule has 2 unspecified atom stereocenters. The van der Waals surface area contributed by atoms with Crippen molar-refractivity contribution in [3.05, 3.63) is 0 Å². The van der Waals surface area contributed by atoms with Gasteiger partial charge >= 0.3 is 0 Å². The normalized spacial score (nSPS) is 29.4. The summed E-state index contributed by atoms with van der Waals surface area (Å²) in [5, 5.41) is 0. The average molecular weight is 405 g/mol. The summed E-state index contributed by atoms with van der Waals surface area (Å²) in [6.07, 6.45) is 34.1. The summed E-state index contributed by atoms with van der Waals surface area (Å²) >= 11 is 0. The van der Waals surface area contributed by atoms with E-state index in [1.54, 1.807) is 0 Å². The van der Waals surface area contributed by atoms with Crippen LogP contribution in [0, 0.1) is 11.8 Å². The third-order valence-corrected chi connectivity index (χ3v) is 7.82. The number of fused-ring (bicyclic) bond motifs is 1. The Morgan fingerprint density at radius 3 is 1.14 bits per heavy atom. The molecule has 1 nitrogen and oxygen atoms in total. The van der Waals surface area contributed by atoms with Gasteiger partial charge in [0.25, 0.3) is 0 Å². The predicted molar refractivity (Wildman–Crippen MR) is 127 cm³/mol. The van der Waals surface area contributed by atoms with Gasteiger partial charge < -0.3 is 0 Å². The summed E-state index contributed by atoms with van der Waals surface area (Å²) in [6.45, 7) is 0. The van der Waals surface area contributed by atoms with Crippen LogP contribution in [0.15, 0.2) is 0 Å². The predicted octanol–water partition coefficient (Wildman–Crippen LogP) is 9.57. The first-order valence-corrected chi connectivity index (χ1v) is 13.9. The minimum atomic E-state index is 0.416. The minimum Gasteiger partial charge on any atom is -0.299 e. The van der Waals surface area contributed by atoms with Crippen molar-refractivity contribution in [2.24, 2.45) is 11.8 Å². The van der Waals surface area contributed by atoms with E-state index < -0.39 is 0 Å². The van der Waals surface area contributed by atoms with E-state index in [-0.39, 0.29) is 0 Å². The molecule has 170 valence electrons. The van der Waals surface area contributed by atoms with Crippen LogP contribution in [0.4, 0.5) is 0 Å². The smallest absolute Gasteiger partial charge is 0.136 e. The molecule has 0 aromatic rings. The van der Waals surface area contributed by atoms with E-state index in [2.05, 4.69) is 0 Å². The maximum absolute atomic E-state index is 13.0. The van der Waals surface area contributed by atoms with Crippen molar-refractivity contribution in [2.75, 3.05) is 0 Å². The van der Waals surface area contributed by atoms with Crippen molar-refractivity contribution < 1.29 is 4.79 Å². The molecule has 2 aliphatic rings. The number of rotatable bonds is 0. The molecule has 2 rings (SSSR count). The lowest BCUT2D eigenvalue weighted by molar-refractivity contribution is -0.125. The van der Waals surface area contributed by atoms with Gasteiger partial charge in [-0.1, -0.05) is 128 Å². The molecule has 0 spiro atoms. The van der Waals surface area contributed by atoms with Gasteiger partial charge in [-0.3, -0.25) is 4.79 Å². The van der Waals surface area contributed by atoms with E-state index >= 15 is 0 Å². The maximum atomic E-state index is 13.0. The highest BCUT2D eigenvalue weighted by Crippen LogP contribution is 2.34. The second-order valence-corrected chi connectivity index (χ2v) is 10.4. The van der Waals surface area contributed by atoms with Gasteiger partial charge in [-0.25, -0.2) is 0 Å². The highest BCUT2D eigenvalue weighted by Gasteiger charge is 2.28. The van der Waals surface area contributed by atoms with Crippen molar-refractivity contribution in [3.8, 4) is 0 Å². The van der Waals surface area contributed by atoms with Crippen LogP contribution >= 0.6 is 0 Å². The number of hydrogen-bond acceptors (Lipinski definition) is 1. The first-order valence-electron chi connectivity index (χ1n) is 13.9. The summed E-state index contributed by atoms with van der Waals surface area (Å²) in [5.41, 5.74) is 0. The van der Waals surface area contributed by atoms with Crippen LogP contribution in [0.5, 0.6) is 0 Å². The second kappa shape index (κ2) is 17.4. The molecule has 0 heterocycles. The quantitative estimate of drug-likeness (QED) is 0.392. The lowest BCUT2D eigenvalue weighted by Crippen LogP contribution is -2.23. The molecule has 2 fully saturated rings. The van der Waals surface area contributed by atoms with Gasteiger partial charge in [0, 0.05) is 12.3 Å². The summed E-state index contributed by atoms with van der Waals surface area (Å²) in [7, 11) is 0. The molecule has 2 aliphatic carbocycles. The molecule has 0 saturated heterocycles. The zero-order valence-corrected chi connectivity index (χ0v) is 19.7. The monoisotopic (exact) mass is 404 g/mol. The fourth-order valence-corrected chi connectivity index (χ4v) is 5.87. The topological polar surface area (TPSA) is 17.1 Å². The lowest BCUT2D eigenvalue weighted by atomic mass is 9.80. The van der Waals surface area contributed by atoms with Gasteiger partial charge in [-0.2, -0.15) is 0 Å². The Kier molecular flexibility index (Phi) is 14.9. The van der Waals surface area contributed by atoms with Crippen LogP contribution in [0.2, 0.25) is 0 Å². The Morgan fingerprint density at radius 2 is 0.690 bits per heavy atom. The average Bonchev–Trinajstić information content (AvgIpc) is 2.97. The van der Waals surface area contributed by atoms with Crippen LogP contribution in [0.25, 0.3) is 0 Å². The molecule has 2 atom stereocenters. The van der Waals surface area contributed by atoms with Gasteiger partial charge in [0.2, 0.25) is 0 Å². The molecule has 0 bridgehead atoms. The Labute approximate surface area is 183 Å². The molecule has 0 aromatic carbocycles. The molecule has 1 heteroatoms. The SMILES string of the molecule is O=C1CCCCCCCCCCCCCCCCCCCCC2CCCCCC12. The van der Waals surface area contributed by atoms with Crippen LogP contribution in [-0.2, 0) is 4.79 Å². The van der Waals surface area contributed by atoms with Gasteiger partial charge in [0.1, 0.15) is 5.78 Å². The van der Waals surface area contributed by atoms with Gasteiger partial charge in [0.05, 0.1) is 0 Å². The summed E-state index contributed by atoms with van der Waals surface area (Å²) in [5.74, 6) is 1.76. The van der Waals surface area contributed by atoms with Crippen molar-refractivity contribution in [1.29, 1.82) is 0 Å². The summed E-state index contributed by atoms with van der Waals surface area (Å²) < 4.78 is 0. The number of carbonyl (C=O) groups excluding carboxylic acids is 1. The van der Waals surface area contributed by atoms with E-state index in [0.29, 0.717) is 17.6 Å². The van der Waals surface area contributed by atoms with Gasteiger partial charge in [-0.05, 0) is 31.6 Å². The third kappa shape index (κ3) is 12.2. The highest BCUT2D eigenvalue weighted by molar-refractivity contribution is 5.81. The van der Waals surface area contributed by atoms with E-state index in [9.17, 15) is 4.79 Å². The van der Waals surface area contributed by atoms with Crippen LogP contribution < -0.4 is 0 Å². The zero-order chi connectivity index (χ0) is 20.4. The van der Waals surface area contributed by atoms with Gasteiger partial charge in [0.15, 0.2) is 0 Å². The van der Waals surface area contributed by atoms with E-state index in [1.807, 2.05) is 0 Å². The molecular weight excluding hydrogens is 352 g/mol. The van der Waals surface area contributed by atoms with Crippen molar-refractivity contribution in [3.63, 3.8) is 0 Å². The molecule has 0 aliphatic heterocycles. The van der Waals surface area contributed by atoms with E-state index in [4.69, 9.17) is 0 Å². The Morgan fingerprint density at radius 1 is 0.379 bits per heavy atom. The number of Topliss-reactive ketones (excluding diaryl/α,β-unsaturated/α-hetero) is 1. The second-order valence-electron chi connectivity index (χ2n) is 10.4. The first-order chi connectivity index (χ1) is 14.4. The number of hydrogen-bond donors (Lipinski definition) is 0. The fraction of sp³-hybridized carbons (Fsp3) is 0.964. The van der Waals surface area contributed by atoms with Crippen molar-refractivity contribution in [2.45, 2.75) is 161 Å². The zero-order valence-electron chi connectivity index (χ0n) is 19.7. The molecular formula is C28H52O. The largest absolute Gasteiger partial charge is 0.299 e. The maximum Gasteiger partial charge on any atom is 0.136 e. The Bertz CT molecular complexity index is 388. The minimum absolute atomic E-state index is 0.416. The van der Waals surface area contributed by atoms with Crippen LogP contribution in [0.1, 0.15) is 161 Å². The number of carbonyl (C=O) groups is 1. The Balaban J connectivity index is 1.74. The molecule has 0 radical (unpaired) electrons. The highest BCUT2D eigenvalue weighted by atomic mass is 16.1. The summed E-state index contributed by atoms with van der Waals surface area (Å²) in [6, 6.07) is 0. The standard InChI is InChI=1S/C28H52O/c29-28-25-21-16-14-12-10-8-6-4-2-1-3-5-7-9-11-13-15-18-22-26-23-19-17-20-24-27(26)28/h26-27H,1-25H2. The van der Waals surface area contributed by atoms with Crippen molar-refractivity contribution in [1.82, 2.24) is 0 Å². The lowest BCUT2D eigenvalue weighted by Gasteiger charge is -2.24. The van der Waals surface area contributed by atoms with Crippen LogP contribution in [0.3, 0.4) is 0 Å². The van der Waals surface area contributed by atoms with E-state index in [0.717, 1.165) is 12.8 Å². The molecule has 0 aromatic heterocycles. The van der Waals surface area contributed by atoms with Gasteiger partial charge in [-0.15, -0.1) is 0 Å². The fourth-order valence-electron chi connectivity index (χ4n) is 5.87. The molecule has 29 heavy (non-hydrogen) atoms. The van der Waals surface area contributed by atoms with E-state index in [1.165, 1.54) is 148 Å². The molecule has 0 amide bonds. The molecule has 2 saturated carbocycles. The summed E-state index contributed by atoms with van der Waals surface area (Å²) in [4.78, 5) is 13.0. The Hall–Kier alpha value is -0.330.